The molecule has 1 atom stereocenters. The van der Waals surface area contributed by atoms with Gasteiger partial charge in [0.05, 0.1) is 6.54 Å². The Kier molecular flexibility index (Phi) is 4.74. The second-order valence-corrected chi connectivity index (χ2v) is 5.25. The van der Waals surface area contributed by atoms with Crippen molar-refractivity contribution >= 4 is 11.9 Å². The van der Waals surface area contributed by atoms with E-state index in [9.17, 15) is 9.59 Å². The van der Waals surface area contributed by atoms with E-state index in [1.807, 2.05) is 18.0 Å². The van der Waals surface area contributed by atoms with Crippen LogP contribution < -0.4 is 5.32 Å². The van der Waals surface area contributed by atoms with Crippen molar-refractivity contribution in [3.8, 4) is 0 Å². The highest BCUT2D eigenvalue weighted by molar-refractivity contribution is 5.82. The Hall–Kier alpha value is -1.88. The maximum atomic E-state index is 11.6. The van der Waals surface area contributed by atoms with Gasteiger partial charge >= 0.3 is 5.97 Å². The first-order valence-corrected chi connectivity index (χ1v) is 6.82. The van der Waals surface area contributed by atoms with Gasteiger partial charge in [-0.1, -0.05) is 24.3 Å². The number of aliphatic carboxylic acids is 1. The lowest BCUT2D eigenvalue weighted by atomic mass is 9.88. The number of nitrogens with one attached hydrogen (secondary N) is 1. The van der Waals surface area contributed by atoms with Crippen LogP contribution in [0.3, 0.4) is 0 Å². The van der Waals surface area contributed by atoms with Crippen LogP contribution in [0.2, 0.25) is 0 Å². The van der Waals surface area contributed by atoms with E-state index in [1.54, 1.807) is 0 Å². The fourth-order valence-corrected chi connectivity index (χ4v) is 2.64. The molecule has 20 heavy (non-hydrogen) atoms. The second kappa shape index (κ2) is 6.52. The van der Waals surface area contributed by atoms with Crippen LogP contribution in [-0.4, -0.2) is 48.1 Å². The highest BCUT2D eigenvalue weighted by atomic mass is 16.4. The van der Waals surface area contributed by atoms with Crippen LogP contribution in [0.5, 0.6) is 0 Å². The Labute approximate surface area is 118 Å². The number of hydrogen-bond acceptors (Lipinski definition) is 3. The Bertz CT molecular complexity index is 502. The second-order valence-electron chi connectivity index (χ2n) is 5.25. The molecule has 2 N–H and O–H groups in total. The standard InChI is InChI=1S/C15H20N2O3/c1-17(10-14(18)16-9-15(19)20)13-7-6-11-4-2-3-5-12(11)8-13/h2-5,13H,6-10H2,1H3,(H,16,18)(H,19,20). The Morgan fingerprint density at radius 3 is 2.75 bits per heavy atom. The number of nitrogens with zero attached hydrogens (tertiary/aromatic N) is 1. The molecular weight excluding hydrogens is 256 g/mol. The van der Waals surface area contributed by atoms with Crippen molar-refractivity contribution in [3.05, 3.63) is 35.4 Å². The fraction of sp³-hybridized carbons (Fsp3) is 0.467. The lowest BCUT2D eigenvalue weighted by Gasteiger charge is -2.32. The molecular formula is C15H20N2O3. The third kappa shape index (κ3) is 3.81. The largest absolute Gasteiger partial charge is 0.480 e. The Balaban J connectivity index is 1.86. The number of aryl methyl sites for hydroxylation is 1. The number of carboxylic acids is 1. The smallest absolute Gasteiger partial charge is 0.322 e. The summed E-state index contributed by atoms with van der Waals surface area (Å²) in [7, 11) is 1.92. The zero-order valence-electron chi connectivity index (χ0n) is 11.6. The average molecular weight is 276 g/mol. The summed E-state index contributed by atoms with van der Waals surface area (Å²) < 4.78 is 0. The highest BCUT2D eigenvalue weighted by Crippen LogP contribution is 2.23. The summed E-state index contributed by atoms with van der Waals surface area (Å²) >= 11 is 0. The summed E-state index contributed by atoms with van der Waals surface area (Å²) in [6.45, 7) is -0.0830. The van der Waals surface area contributed by atoms with Crippen molar-refractivity contribution in [1.82, 2.24) is 10.2 Å². The minimum absolute atomic E-state index is 0.236. The molecule has 0 aromatic heterocycles. The molecule has 1 aromatic rings. The van der Waals surface area contributed by atoms with Gasteiger partial charge in [-0.2, -0.15) is 0 Å². The van der Waals surface area contributed by atoms with Crippen LogP contribution in [0.4, 0.5) is 0 Å². The van der Waals surface area contributed by atoms with Gasteiger partial charge in [-0.15, -0.1) is 0 Å². The molecule has 1 aromatic carbocycles. The molecule has 0 aliphatic heterocycles. The van der Waals surface area contributed by atoms with Crippen molar-refractivity contribution in [2.75, 3.05) is 20.1 Å². The molecule has 1 unspecified atom stereocenters. The number of benzene rings is 1. The quantitative estimate of drug-likeness (QED) is 0.829. The van der Waals surface area contributed by atoms with Crippen LogP contribution in [0.25, 0.3) is 0 Å². The summed E-state index contributed by atoms with van der Waals surface area (Å²) in [5.74, 6) is -1.26. The van der Waals surface area contributed by atoms with E-state index in [0.29, 0.717) is 6.04 Å². The van der Waals surface area contributed by atoms with E-state index in [1.165, 1.54) is 11.1 Å². The highest BCUT2D eigenvalue weighted by Gasteiger charge is 2.23. The van der Waals surface area contributed by atoms with Crippen LogP contribution in [0.15, 0.2) is 24.3 Å². The van der Waals surface area contributed by atoms with Gasteiger partial charge in [0, 0.05) is 6.04 Å². The maximum absolute atomic E-state index is 11.6. The lowest BCUT2D eigenvalue weighted by molar-refractivity contribution is -0.138. The van der Waals surface area contributed by atoms with Crippen molar-refractivity contribution in [1.29, 1.82) is 0 Å². The number of amides is 1. The predicted molar refractivity (Wildman–Crippen MR) is 75.5 cm³/mol. The van der Waals surface area contributed by atoms with Crippen molar-refractivity contribution in [3.63, 3.8) is 0 Å². The van der Waals surface area contributed by atoms with Gasteiger partial charge in [0.25, 0.3) is 0 Å². The summed E-state index contributed by atoms with van der Waals surface area (Å²) in [6.07, 6.45) is 3.00. The molecule has 0 fully saturated rings. The van der Waals surface area contributed by atoms with Gasteiger partial charge in [-0.3, -0.25) is 14.5 Å². The van der Waals surface area contributed by atoms with Gasteiger partial charge < -0.3 is 10.4 Å². The lowest BCUT2D eigenvalue weighted by Crippen LogP contribution is -2.43. The van der Waals surface area contributed by atoms with Crippen LogP contribution >= 0.6 is 0 Å². The minimum Gasteiger partial charge on any atom is -0.480 e. The number of carbonyl (C=O) groups is 2. The molecule has 0 radical (unpaired) electrons. The zero-order chi connectivity index (χ0) is 14.5. The predicted octanol–water partition coefficient (Wildman–Crippen LogP) is 0.677. The Morgan fingerprint density at radius 1 is 1.35 bits per heavy atom. The van der Waals surface area contributed by atoms with E-state index < -0.39 is 5.97 Å². The molecule has 5 heteroatoms. The molecule has 1 aliphatic rings. The molecule has 1 aliphatic carbocycles. The topological polar surface area (TPSA) is 69.6 Å². The van der Waals surface area contributed by atoms with Gasteiger partial charge in [-0.25, -0.2) is 0 Å². The summed E-state index contributed by atoms with van der Waals surface area (Å²) in [5.41, 5.74) is 2.74. The average Bonchev–Trinajstić information content (AvgIpc) is 2.44. The van der Waals surface area contributed by atoms with E-state index in [2.05, 4.69) is 23.5 Å². The molecule has 0 bridgehead atoms. The van der Waals surface area contributed by atoms with Gasteiger partial charge in [0.2, 0.25) is 5.91 Å². The third-order valence-electron chi connectivity index (χ3n) is 3.77. The van der Waals surface area contributed by atoms with Gasteiger partial charge in [-0.05, 0) is 37.4 Å². The van der Waals surface area contributed by atoms with Crippen molar-refractivity contribution in [2.45, 2.75) is 25.3 Å². The first kappa shape index (κ1) is 14.5. The normalized spacial score (nSPS) is 17.6. The van der Waals surface area contributed by atoms with E-state index >= 15 is 0 Å². The number of fused-ring (bicyclic) bond motifs is 1. The summed E-state index contributed by atoms with van der Waals surface area (Å²) in [6, 6.07) is 8.73. The van der Waals surface area contributed by atoms with E-state index in [0.717, 1.165) is 19.3 Å². The molecule has 1 amide bonds. The molecule has 0 spiro atoms. The van der Waals surface area contributed by atoms with Gasteiger partial charge in [0.1, 0.15) is 6.54 Å². The molecule has 0 saturated heterocycles. The van der Waals surface area contributed by atoms with Crippen LogP contribution in [0.1, 0.15) is 17.5 Å². The third-order valence-corrected chi connectivity index (χ3v) is 3.77. The number of carboxylic acid groups (broad SMARTS) is 1. The fourth-order valence-electron chi connectivity index (χ4n) is 2.64. The molecule has 0 heterocycles. The first-order chi connectivity index (χ1) is 9.56. The summed E-state index contributed by atoms with van der Waals surface area (Å²) in [4.78, 5) is 24.0. The number of rotatable bonds is 5. The SMILES string of the molecule is CN(CC(=O)NCC(=O)O)C1CCc2ccccc2C1. The minimum atomic E-state index is -1.02. The number of likely N-dealkylation sites (N-methyl/N-ethyl adjacent to an activating group) is 1. The first-order valence-electron chi connectivity index (χ1n) is 6.82. The number of hydrogen-bond donors (Lipinski definition) is 2. The van der Waals surface area contributed by atoms with Crippen molar-refractivity contribution in [2.24, 2.45) is 0 Å². The molecule has 2 rings (SSSR count). The van der Waals surface area contributed by atoms with Crippen molar-refractivity contribution < 1.29 is 14.7 Å². The summed E-state index contributed by atoms with van der Waals surface area (Å²) in [5, 5.41) is 10.9. The van der Waals surface area contributed by atoms with Crippen LogP contribution in [0, 0.1) is 0 Å². The molecule has 108 valence electrons. The Morgan fingerprint density at radius 2 is 2.05 bits per heavy atom. The monoisotopic (exact) mass is 276 g/mol. The van der Waals surface area contributed by atoms with E-state index in [4.69, 9.17) is 5.11 Å². The molecule has 5 nitrogen and oxygen atoms in total. The maximum Gasteiger partial charge on any atom is 0.322 e. The zero-order valence-corrected chi connectivity index (χ0v) is 11.6. The van der Waals surface area contributed by atoms with Gasteiger partial charge in [0.15, 0.2) is 0 Å². The molecule has 0 saturated carbocycles. The van der Waals surface area contributed by atoms with E-state index in [-0.39, 0.29) is 19.0 Å². The van der Waals surface area contributed by atoms with Crippen LogP contribution in [-0.2, 0) is 22.4 Å². The number of carbonyl (C=O) groups excluding carboxylic acids is 1.